The van der Waals surface area contributed by atoms with E-state index in [1.54, 1.807) is 14.2 Å². The van der Waals surface area contributed by atoms with Crippen LogP contribution in [0.1, 0.15) is 22.7 Å². The highest BCUT2D eigenvalue weighted by atomic mass is 16.5. The van der Waals surface area contributed by atoms with Crippen molar-refractivity contribution < 1.29 is 9.47 Å². The van der Waals surface area contributed by atoms with Crippen molar-refractivity contribution in [3.63, 3.8) is 0 Å². The fraction of sp³-hybridized carbons (Fsp3) is 0.368. The van der Waals surface area contributed by atoms with E-state index < -0.39 is 0 Å². The molecule has 1 N–H and O–H groups in total. The number of rotatable bonds is 4. The van der Waals surface area contributed by atoms with Crippen LogP contribution in [0.2, 0.25) is 0 Å². The molecule has 4 heteroatoms. The molecule has 0 aliphatic carbocycles. The zero-order chi connectivity index (χ0) is 16.4. The summed E-state index contributed by atoms with van der Waals surface area (Å²) >= 11 is 0. The van der Waals surface area contributed by atoms with Crippen molar-refractivity contribution in [3.8, 4) is 11.5 Å². The standard InChI is InChI=1S/C19H24N2O2/c1-21(2)15-7-5-13(6-8-15)19-16-12-18(23-4)17(22-3)11-14(16)9-10-20-19/h5-8,11-12,19-20H,9-10H2,1-4H3. The van der Waals surface area contributed by atoms with Gasteiger partial charge in [0.1, 0.15) is 0 Å². The first-order valence-corrected chi connectivity index (χ1v) is 7.89. The third-order valence-electron chi connectivity index (χ3n) is 4.44. The molecule has 1 atom stereocenters. The Morgan fingerprint density at radius 3 is 2.26 bits per heavy atom. The highest BCUT2D eigenvalue weighted by Gasteiger charge is 2.23. The Morgan fingerprint density at radius 1 is 1.00 bits per heavy atom. The molecule has 0 radical (unpaired) electrons. The van der Waals surface area contributed by atoms with Gasteiger partial charge in [-0.15, -0.1) is 0 Å². The van der Waals surface area contributed by atoms with E-state index >= 15 is 0 Å². The quantitative estimate of drug-likeness (QED) is 0.941. The molecule has 4 nitrogen and oxygen atoms in total. The molecule has 3 rings (SSSR count). The molecule has 0 saturated heterocycles. The zero-order valence-electron chi connectivity index (χ0n) is 14.2. The fourth-order valence-corrected chi connectivity index (χ4v) is 3.15. The Bertz CT molecular complexity index is 681. The van der Waals surface area contributed by atoms with Crippen LogP contribution in [0.4, 0.5) is 5.69 Å². The van der Waals surface area contributed by atoms with E-state index in [1.807, 2.05) is 0 Å². The summed E-state index contributed by atoms with van der Waals surface area (Å²) in [5.74, 6) is 1.58. The van der Waals surface area contributed by atoms with Gasteiger partial charge in [0.05, 0.1) is 20.3 Å². The number of nitrogens with zero attached hydrogens (tertiary/aromatic N) is 1. The first-order chi connectivity index (χ1) is 11.1. The van der Waals surface area contributed by atoms with Crippen LogP contribution in [0.15, 0.2) is 36.4 Å². The molecule has 1 aliphatic heterocycles. The average Bonchev–Trinajstić information content (AvgIpc) is 2.60. The number of anilines is 1. The summed E-state index contributed by atoms with van der Waals surface area (Å²) in [6, 6.07) is 13.1. The minimum Gasteiger partial charge on any atom is -0.493 e. The van der Waals surface area contributed by atoms with E-state index in [1.165, 1.54) is 22.4 Å². The number of nitrogens with one attached hydrogen (secondary N) is 1. The molecular formula is C19H24N2O2. The monoisotopic (exact) mass is 312 g/mol. The van der Waals surface area contributed by atoms with Gasteiger partial charge < -0.3 is 19.7 Å². The fourth-order valence-electron chi connectivity index (χ4n) is 3.15. The lowest BCUT2D eigenvalue weighted by Gasteiger charge is -2.29. The Balaban J connectivity index is 2.00. The Kier molecular flexibility index (Phi) is 4.44. The van der Waals surface area contributed by atoms with E-state index in [0.717, 1.165) is 24.5 Å². The summed E-state index contributed by atoms with van der Waals surface area (Å²) in [4.78, 5) is 2.11. The molecule has 122 valence electrons. The SMILES string of the molecule is COc1cc2c(cc1OC)C(c1ccc(N(C)C)cc1)NCC2. The van der Waals surface area contributed by atoms with Crippen molar-refractivity contribution >= 4 is 5.69 Å². The van der Waals surface area contributed by atoms with Crippen LogP contribution >= 0.6 is 0 Å². The van der Waals surface area contributed by atoms with Crippen molar-refractivity contribution in [1.82, 2.24) is 5.32 Å². The van der Waals surface area contributed by atoms with E-state index in [2.05, 4.69) is 60.7 Å². The maximum atomic E-state index is 5.48. The van der Waals surface area contributed by atoms with Gasteiger partial charge in [-0.1, -0.05) is 12.1 Å². The smallest absolute Gasteiger partial charge is 0.161 e. The minimum absolute atomic E-state index is 0.190. The van der Waals surface area contributed by atoms with Crippen molar-refractivity contribution in [1.29, 1.82) is 0 Å². The second kappa shape index (κ2) is 6.50. The number of hydrogen-bond donors (Lipinski definition) is 1. The van der Waals surface area contributed by atoms with Gasteiger partial charge in [0, 0.05) is 26.3 Å². The van der Waals surface area contributed by atoms with Crippen LogP contribution in [0.3, 0.4) is 0 Å². The van der Waals surface area contributed by atoms with Crippen LogP contribution < -0.4 is 19.7 Å². The molecule has 2 aromatic rings. The highest BCUT2D eigenvalue weighted by Crippen LogP contribution is 2.37. The van der Waals surface area contributed by atoms with Gasteiger partial charge in [0.2, 0.25) is 0 Å². The maximum Gasteiger partial charge on any atom is 0.161 e. The number of ether oxygens (including phenoxy) is 2. The van der Waals surface area contributed by atoms with Gasteiger partial charge in [-0.05, 0) is 47.4 Å². The molecule has 0 fully saturated rings. The third kappa shape index (κ3) is 2.99. The summed E-state index contributed by atoms with van der Waals surface area (Å²) in [7, 11) is 7.48. The minimum atomic E-state index is 0.190. The van der Waals surface area contributed by atoms with Gasteiger partial charge >= 0.3 is 0 Å². The predicted molar refractivity (Wildman–Crippen MR) is 93.9 cm³/mol. The van der Waals surface area contributed by atoms with E-state index in [-0.39, 0.29) is 6.04 Å². The van der Waals surface area contributed by atoms with E-state index in [9.17, 15) is 0 Å². The second-order valence-electron chi connectivity index (χ2n) is 6.03. The lowest BCUT2D eigenvalue weighted by Crippen LogP contribution is -2.30. The summed E-state index contributed by atoms with van der Waals surface area (Å²) < 4.78 is 10.9. The predicted octanol–water partition coefficient (Wildman–Crippen LogP) is 3.00. The molecule has 0 bridgehead atoms. The maximum absolute atomic E-state index is 5.48. The van der Waals surface area contributed by atoms with Gasteiger partial charge in [0.25, 0.3) is 0 Å². The zero-order valence-corrected chi connectivity index (χ0v) is 14.2. The van der Waals surface area contributed by atoms with Crippen LogP contribution in [-0.2, 0) is 6.42 Å². The van der Waals surface area contributed by atoms with Crippen molar-refractivity contribution in [2.75, 3.05) is 39.8 Å². The number of benzene rings is 2. The topological polar surface area (TPSA) is 33.7 Å². The number of methoxy groups -OCH3 is 2. The van der Waals surface area contributed by atoms with Crippen LogP contribution in [0.25, 0.3) is 0 Å². The average molecular weight is 312 g/mol. The normalized spacial score (nSPS) is 16.6. The lowest BCUT2D eigenvalue weighted by atomic mass is 9.89. The van der Waals surface area contributed by atoms with E-state index in [4.69, 9.17) is 9.47 Å². The highest BCUT2D eigenvalue weighted by molar-refractivity contribution is 5.53. The lowest BCUT2D eigenvalue weighted by molar-refractivity contribution is 0.353. The molecule has 1 unspecified atom stereocenters. The molecule has 0 saturated carbocycles. The van der Waals surface area contributed by atoms with Crippen LogP contribution in [0.5, 0.6) is 11.5 Å². The van der Waals surface area contributed by atoms with E-state index in [0.29, 0.717) is 0 Å². The molecule has 0 amide bonds. The Morgan fingerprint density at radius 2 is 1.65 bits per heavy atom. The van der Waals surface area contributed by atoms with Crippen LogP contribution in [0, 0.1) is 0 Å². The van der Waals surface area contributed by atoms with Gasteiger partial charge in [0.15, 0.2) is 11.5 Å². The Hall–Kier alpha value is -2.20. The summed E-state index contributed by atoms with van der Waals surface area (Å²) in [5.41, 5.74) is 5.07. The number of hydrogen-bond acceptors (Lipinski definition) is 4. The molecule has 0 aromatic heterocycles. The van der Waals surface area contributed by atoms with Crippen molar-refractivity contribution in [3.05, 3.63) is 53.1 Å². The number of fused-ring (bicyclic) bond motifs is 1. The molecule has 1 heterocycles. The first-order valence-electron chi connectivity index (χ1n) is 7.89. The second-order valence-corrected chi connectivity index (χ2v) is 6.03. The van der Waals surface area contributed by atoms with Gasteiger partial charge in [-0.25, -0.2) is 0 Å². The van der Waals surface area contributed by atoms with Gasteiger partial charge in [-0.2, -0.15) is 0 Å². The summed E-state index contributed by atoms with van der Waals surface area (Å²) in [5, 5.41) is 3.62. The van der Waals surface area contributed by atoms with Crippen molar-refractivity contribution in [2.45, 2.75) is 12.5 Å². The molecule has 23 heavy (non-hydrogen) atoms. The van der Waals surface area contributed by atoms with Gasteiger partial charge in [-0.3, -0.25) is 0 Å². The largest absolute Gasteiger partial charge is 0.493 e. The first kappa shape index (κ1) is 15.7. The third-order valence-corrected chi connectivity index (χ3v) is 4.44. The molecule has 2 aromatic carbocycles. The summed E-state index contributed by atoms with van der Waals surface area (Å²) in [6.45, 7) is 0.961. The summed E-state index contributed by atoms with van der Waals surface area (Å²) in [6.07, 6.45) is 1.00. The molecular weight excluding hydrogens is 288 g/mol. The Labute approximate surface area is 138 Å². The molecule has 0 spiro atoms. The molecule has 1 aliphatic rings. The van der Waals surface area contributed by atoms with Crippen LogP contribution in [-0.4, -0.2) is 34.9 Å². The van der Waals surface area contributed by atoms with Crippen molar-refractivity contribution in [2.24, 2.45) is 0 Å².